The summed E-state index contributed by atoms with van der Waals surface area (Å²) in [6, 6.07) is 0. The van der Waals surface area contributed by atoms with Gasteiger partial charge < -0.3 is 9.59 Å². The van der Waals surface area contributed by atoms with Crippen molar-refractivity contribution in [1.29, 1.82) is 0 Å². The summed E-state index contributed by atoms with van der Waals surface area (Å²) in [6.45, 7) is 0. The van der Waals surface area contributed by atoms with Crippen LogP contribution in [0.15, 0.2) is 0 Å². The first-order chi connectivity index (χ1) is 1.73. The Labute approximate surface area is 64.6 Å². The average molecular weight is 199 g/mol. The van der Waals surface area contributed by atoms with E-state index in [9.17, 15) is 0 Å². The summed E-state index contributed by atoms with van der Waals surface area (Å²) in [5.74, 6) is 0. The number of hydrogen-bond acceptors (Lipinski definition) is 1. The van der Waals surface area contributed by atoms with Gasteiger partial charge in [-0.15, -0.1) is 0 Å². The molecular weight excluding hydrogens is 194 g/mol. The minimum Gasteiger partial charge on any atom is 0 e. The first-order valence-electron chi connectivity index (χ1n) is 0.651. The molecule has 0 saturated carbocycles. The molecule has 0 atom stereocenters. The zero-order valence-corrected chi connectivity index (χ0v) is 4.86. The summed E-state index contributed by atoms with van der Waals surface area (Å²) in [7, 11) is -3.13. The van der Waals surface area contributed by atoms with Gasteiger partial charge in [0, 0.05) is 21.7 Å². The van der Waals surface area contributed by atoms with Gasteiger partial charge in [0.05, 0.1) is 0 Å². The molecule has 6 heteroatoms. The van der Waals surface area contributed by atoms with Gasteiger partial charge in [-0.1, -0.05) is 0 Å². The van der Waals surface area contributed by atoms with Crippen molar-refractivity contribution in [1.82, 2.24) is 0 Å². The number of rotatable bonds is 0. The molecule has 0 radical (unpaired) electrons. The first-order valence-corrected chi connectivity index (χ1v) is 1.95. The van der Waals surface area contributed by atoms with Crippen LogP contribution in [0.3, 0.4) is 0 Å². The molecule has 0 fully saturated rings. The van der Waals surface area contributed by atoms with E-state index in [1.54, 1.807) is 0 Å². The summed E-state index contributed by atoms with van der Waals surface area (Å²) in [5.41, 5.74) is 0. The largest absolute Gasteiger partial charge is 0 e. The summed E-state index contributed by atoms with van der Waals surface area (Å²) in [6.07, 6.45) is 0. The summed E-state index contributed by atoms with van der Waals surface area (Å²) in [5, 5.41) is 0. The maximum atomic E-state index is 8.74. The van der Waals surface area contributed by atoms with Crippen molar-refractivity contribution in [3.05, 3.63) is 0 Å². The zero-order chi connectivity index (χ0) is 3.58. The van der Waals surface area contributed by atoms with Crippen molar-refractivity contribution < 1.29 is 35.8 Å². The van der Waals surface area contributed by atoms with E-state index in [-0.39, 0.29) is 41.5 Å². The van der Waals surface area contributed by atoms with Crippen LogP contribution >= 0.6 is 0 Å². The fraction of sp³-hybridized carbons (Fsp3) is 0. The minimum absolute atomic E-state index is 0. The Balaban J connectivity index is -0.0000000450. The molecule has 0 aliphatic carbocycles. The monoisotopic (exact) mass is 198 g/mol. The van der Waals surface area contributed by atoms with Gasteiger partial charge in [-0.2, -0.15) is 0 Å². The Morgan fingerprint density at radius 3 is 1.33 bits per heavy atom. The third-order valence-corrected chi connectivity index (χ3v) is 0. The molecule has 0 aromatic heterocycles. The SMILES string of the molecule is O=[Si](O)O.[GaH3].[Ti]. The Morgan fingerprint density at radius 1 is 1.33 bits per heavy atom. The van der Waals surface area contributed by atoms with E-state index in [0.717, 1.165) is 0 Å². The fourth-order valence-corrected chi connectivity index (χ4v) is 0. The third-order valence-electron chi connectivity index (χ3n) is 0. The van der Waals surface area contributed by atoms with Crippen LogP contribution in [0.25, 0.3) is 0 Å². The molecule has 2 N–H and O–H groups in total. The quantitative estimate of drug-likeness (QED) is 0.414. The molecule has 0 heterocycles. The topological polar surface area (TPSA) is 57.5 Å². The van der Waals surface area contributed by atoms with Crippen LogP contribution in [0, 0.1) is 0 Å². The van der Waals surface area contributed by atoms with E-state index in [1.165, 1.54) is 0 Å². The maximum absolute atomic E-state index is 8.74. The summed E-state index contributed by atoms with van der Waals surface area (Å²) in [4.78, 5) is 14.3. The molecule has 0 unspecified atom stereocenters. The predicted octanol–water partition coefficient (Wildman–Crippen LogP) is -2.80. The molecule has 3 nitrogen and oxygen atoms in total. The molecule has 6 heavy (non-hydrogen) atoms. The summed E-state index contributed by atoms with van der Waals surface area (Å²) < 4.78 is 8.74. The molecule has 34 valence electrons. The van der Waals surface area contributed by atoms with Crippen LogP contribution in [-0.4, -0.2) is 38.6 Å². The van der Waals surface area contributed by atoms with E-state index in [1.807, 2.05) is 0 Å². The maximum Gasteiger partial charge on any atom is 0 e. The molecular formula is H5GaO3SiTi. The van der Waals surface area contributed by atoms with Crippen molar-refractivity contribution in [3.8, 4) is 0 Å². The van der Waals surface area contributed by atoms with Crippen LogP contribution in [0.1, 0.15) is 0 Å². The van der Waals surface area contributed by atoms with Crippen molar-refractivity contribution >= 4 is 29.0 Å². The van der Waals surface area contributed by atoms with Crippen molar-refractivity contribution in [2.24, 2.45) is 0 Å². The van der Waals surface area contributed by atoms with Gasteiger partial charge in [0.2, 0.25) is 0 Å². The zero-order valence-electron chi connectivity index (χ0n) is 2.30. The minimum atomic E-state index is -3.13. The Morgan fingerprint density at radius 2 is 1.33 bits per heavy atom. The second-order valence-corrected chi connectivity index (χ2v) is 0.848. The van der Waals surface area contributed by atoms with E-state index in [4.69, 9.17) is 14.1 Å². The Bertz CT molecular complexity index is 33.8. The van der Waals surface area contributed by atoms with Gasteiger partial charge in [-0.25, -0.2) is 0 Å². The van der Waals surface area contributed by atoms with Crippen LogP contribution in [0.5, 0.6) is 0 Å². The van der Waals surface area contributed by atoms with Crippen molar-refractivity contribution in [3.63, 3.8) is 0 Å². The van der Waals surface area contributed by atoms with Crippen LogP contribution in [0.4, 0.5) is 0 Å². The molecule has 0 aromatic rings. The average Bonchev–Trinajstić information content (AvgIpc) is 0.811. The van der Waals surface area contributed by atoms with Crippen molar-refractivity contribution in [2.45, 2.75) is 0 Å². The second-order valence-electron chi connectivity index (χ2n) is 0.283. The standard InChI is InChI=1S/Ga.H2O3Si.Ti.3H/c;1-4(2)3;;;;/h;1-2H;;;;. The molecule has 0 aliphatic rings. The van der Waals surface area contributed by atoms with Crippen LogP contribution in [0.2, 0.25) is 0 Å². The molecule has 0 spiro atoms. The molecule has 0 aliphatic heterocycles. The van der Waals surface area contributed by atoms with Gasteiger partial charge in [0.1, 0.15) is 0 Å². The predicted molar refractivity (Wildman–Crippen MR) is 20.8 cm³/mol. The van der Waals surface area contributed by atoms with E-state index in [2.05, 4.69) is 0 Å². The second kappa shape index (κ2) is 9.35. The molecule has 0 rings (SSSR count). The third kappa shape index (κ3) is 83.5. The van der Waals surface area contributed by atoms with E-state index < -0.39 is 9.17 Å². The molecule has 0 bridgehead atoms. The van der Waals surface area contributed by atoms with Gasteiger partial charge in [-0.3, -0.25) is 4.46 Å². The Hall–Kier alpha value is 0.968. The van der Waals surface area contributed by atoms with Crippen molar-refractivity contribution in [2.75, 3.05) is 0 Å². The van der Waals surface area contributed by atoms with E-state index >= 15 is 0 Å². The normalized spacial score (nSPS) is 4.00. The molecule has 0 aromatic carbocycles. The molecule has 0 amide bonds. The first kappa shape index (κ1) is 15.8. The van der Waals surface area contributed by atoms with E-state index in [0.29, 0.717) is 0 Å². The van der Waals surface area contributed by atoms with Gasteiger partial charge in [0.25, 0.3) is 0 Å². The van der Waals surface area contributed by atoms with Crippen LogP contribution in [-0.2, 0) is 26.2 Å². The Kier molecular flexibility index (Phi) is 24.6. The van der Waals surface area contributed by atoms with Gasteiger partial charge in [-0.05, 0) is 0 Å². The smallest absolute Gasteiger partial charge is 0 e. The van der Waals surface area contributed by atoms with Gasteiger partial charge in [0.15, 0.2) is 0 Å². The van der Waals surface area contributed by atoms with Gasteiger partial charge >= 0.3 is 29.0 Å². The fourth-order valence-electron chi connectivity index (χ4n) is 0. The summed E-state index contributed by atoms with van der Waals surface area (Å²) >= 11 is 0. The van der Waals surface area contributed by atoms with Crippen LogP contribution < -0.4 is 0 Å². The molecule has 0 saturated heterocycles. The number of hydrogen-bond donors (Lipinski definition) is 2.